The third-order valence-corrected chi connectivity index (χ3v) is 8.61. The molecule has 1 amide bonds. The fourth-order valence-electron chi connectivity index (χ4n) is 3.87. The molecule has 3 aromatic carbocycles. The number of hydrogen-bond donors (Lipinski definition) is 2. The molecule has 1 aliphatic heterocycles. The van der Waals surface area contributed by atoms with E-state index in [4.69, 9.17) is 11.6 Å². The molecule has 0 spiro atoms. The van der Waals surface area contributed by atoms with Crippen molar-refractivity contribution >= 4 is 60.4 Å². The number of nitrogens with zero attached hydrogens (tertiary/aromatic N) is 4. The molecule has 0 saturated carbocycles. The summed E-state index contributed by atoms with van der Waals surface area (Å²) in [6.07, 6.45) is 0.643. The fourth-order valence-corrected chi connectivity index (χ4v) is 5.93. The second kappa shape index (κ2) is 10.8. The van der Waals surface area contributed by atoms with Gasteiger partial charge in [0.25, 0.3) is 26.0 Å². The van der Waals surface area contributed by atoms with Gasteiger partial charge in [-0.15, -0.1) is 0 Å². The predicted molar refractivity (Wildman–Crippen MR) is 148 cm³/mol. The number of halogens is 1. The van der Waals surface area contributed by atoms with Gasteiger partial charge in [0, 0.05) is 0 Å². The van der Waals surface area contributed by atoms with E-state index >= 15 is 0 Å². The van der Waals surface area contributed by atoms with Gasteiger partial charge in [-0.25, -0.2) is 8.42 Å². The highest BCUT2D eigenvalue weighted by molar-refractivity contribution is 7.92. The Morgan fingerprint density at radius 3 is 2.46 bits per heavy atom. The Morgan fingerprint density at radius 2 is 1.77 bits per heavy atom. The van der Waals surface area contributed by atoms with E-state index in [-0.39, 0.29) is 27.0 Å². The van der Waals surface area contributed by atoms with E-state index in [9.17, 15) is 26.2 Å². The molecule has 3 aromatic rings. The van der Waals surface area contributed by atoms with Crippen molar-refractivity contribution in [2.75, 3.05) is 9.73 Å². The average Bonchev–Trinajstić information content (AvgIpc) is 3.15. The number of sulfonamides is 1. The van der Waals surface area contributed by atoms with Gasteiger partial charge in [0.15, 0.2) is 6.04 Å². The smallest absolute Gasteiger partial charge is 0.282 e. The summed E-state index contributed by atoms with van der Waals surface area (Å²) in [5.41, 5.74) is 2.19. The van der Waals surface area contributed by atoms with Crippen LogP contribution in [0.1, 0.15) is 25.0 Å². The van der Waals surface area contributed by atoms with Crippen molar-refractivity contribution in [2.24, 2.45) is 15.3 Å². The molecule has 0 radical (unpaired) electrons. The lowest BCUT2D eigenvalue weighted by Gasteiger charge is -2.15. The fraction of sp³-hybridized carbons (Fsp3) is 0.200. The first-order valence-corrected chi connectivity index (χ1v) is 14.9. The van der Waals surface area contributed by atoms with Gasteiger partial charge in [-0.2, -0.15) is 28.8 Å². The Hall–Kier alpha value is -3.65. The number of amides is 1. The topological polar surface area (TPSA) is 158 Å². The number of carbonyl (C=O) groups is 1. The highest BCUT2D eigenvalue weighted by atomic mass is 35.5. The van der Waals surface area contributed by atoms with Crippen LogP contribution in [0.25, 0.3) is 0 Å². The zero-order chi connectivity index (χ0) is 28.5. The molecule has 11 nitrogen and oxygen atoms in total. The van der Waals surface area contributed by atoms with Crippen LogP contribution < -0.4 is 9.73 Å². The van der Waals surface area contributed by atoms with Crippen LogP contribution >= 0.6 is 11.6 Å². The quantitative estimate of drug-likeness (QED) is 0.274. The highest BCUT2D eigenvalue weighted by Gasteiger charge is 2.36. The van der Waals surface area contributed by atoms with E-state index < -0.39 is 37.0 Å². The zero-order valence-electron chi connectivity index (χ0n) is 21.0. The SMILES string of the molecule is CCc1ccccc1NS(=O)(=O)c1cc(N=N[C@@H]2C(=O)N(c3cc(S(=O)(=O)O)ccc3Cl)N=C2C)ccc1C. The van der Waals surface area contributed by atoms with Crippen LogP contribution in [0.15, 0.2) is 85.8 Å². The molecule has 0 saturated heterocycles. The van der Waals surface area contributed by atoms with E-state index in [2.05, 4.69) is 20.1 Å². The van der Waals surface area contributed by atoms with Crippen molar-refractivity contribution in [1.29, 1.82) is 0 Å². The van der Waals surface area contributed by atoms with Crippen LogP contribution in [0.3, 0.4) is 0 Å². The first-order chi connectivity index (χ1) is 18.3. The van der Waals surface area contributed by atoms with E-state index in [0.717, 1.165) is 22.7 Å². The minimum atomic E-state index is -4.55. The number of benzene rings is 3. The maximum absolute atomic E-state index is 13.2. The second-order valence-electron chi connectivity index (χ2n) is 8.66. The van der Waals surface area contributed by atoms with E-state index in [1.165, 1.54) is 19.1 Å². The van der Waals surface area contributed by atoms with Crippen molar-refractivity contribution in [3.05, 3.63) is 76.8 Å². The summed E-state index contributed by atoms with van der Waals surface area (Å²) in [6.45, 7) is 5.11. The normalized spacial score (nSPS) is 16.1. The van der Waals surface area contributed by atoms with Gasteiger partial charge in [-0.3, -0.25) is 14.1 Å². The second-order valence-corrected chi connectivity index (χ2v) is 12.1. The molecule has 14 heteroatoms. The Kier molecular flexibility index (Phi) is 7.89. The molecule has 204 valence electrons. The van der Waals surface area contributed by atoms with Crippen molar-refractivity contribution in [1.82, 2.24) is 0 Å². The monoisotopic (exact) mass is 589 g/mol. The third kappa shape index (κ3) is 6.01. The van der Waals surface area contributed by atoms with E-state index in [1.54, 1.807) is 31.2 Å². The Morgan fingerprint density at radius 1 is 1.05 bits per heavy atom. The Labute approximate surface area is 231 Å². The number of aryl methyl sites for hydroxylation is 2. The van der Waals surface area contributed by atoms with Gasteiger partial charge in [0.05, 0.1) is 37.6 Å². The number of hydrogen-bond acceptors (Lipinski definition) is 8. The van der Waals surface area contributed by atoms with E-state index in [0.29, 0.717) is 17.7 Å². The molecule has 0 unspecified atom stereocenters. The van der Waals surface area contributed by atoms with E-state index in [1.807, 2.05) is 19.1 Å². The predicted octanol–water partition coefficient (Wildman–Crippen LogP) is 5.13. The molecular weight excluding hydrogens is 566 g/mol. The molecule has 4 rings (SSSR count). The standard InChI is InChI=1S/C25H24ClN5O6S2/c1-4-17-7-5-6-8-21(17)30-38(33,34)23-13-18(10-9-15(23)2)27-28-24-16(3)29-31(25(24)32)22-14-19(39(35,36)37)11-12-20(22)26/h5-14,24,30H,4H2,1-3H3,(H,35,36,37)/t24-/m0/s1. The molecule has 1 aliphatic rings. The van der Waals surface area contributed by atoms with Crippen LogP contribution in [-0.4, -0.2) is 39.0 Å². The van der Waals surface area contributed by atoms with Crippen LogP contribution in [-0.2, 0) is 31.4 Å². The first-order valence-electron chi connectivity index (χ1n) is 11.6. The van der Waals surface area contributed by atoms with Gasteiger partial charge in [-0.05, 0) is 67.8 Å². The van der Waals surface area contributed by atoms with Gasteiger partial charge in [0.1, 0.15) is 0 Å². The van der Waals surface area contributed by atoms with Crippen molar-refractivity contribution < 1.29 is 26.2 Å². The lowest BCUT2D eigenvalue weighted by atomic mass is 10.1. The number of para-hydroxylation sites is 1. The maximum Gasteiger partial charge on any atom is 0.294 e. The van der Waals surface area contributed by atoms with Gasteiger partial charge in [-0.1, -0.05) is 42.8 Å². The summed E-state index contributed by atoms with van der Waals surface area (Å²) in [6, 6.07) is 13.8. The molecule has 0 fully saturated rings. The van der Waals surface area contributed by atoms with Gasteiger partial charge in [0.2, 0.25) is 0 Å². The average molecular weight is 590 g/mol. The summed E-state index contributed by atoms with van der Waals surface area (Å²) >= 11 is 6.16. The summed E-state index contributed by atoms with van der Waals surface area (Å²) in [5, 5.41) is 13.2. The molecule has 0 bridgehead atoms. The summed E-state index contributed by atoms with van der Waals surface area (Å²) in [4.78, 5) is 12.6. The third-order valence-electron chi connectivity index (χ3n) is 5.93. The molecule has 0 aromatic heterocycles. The number of hydrazone groups is 1. The van der Waals surface area contributed by atoms with Crippen LogP contribution in [0, 0.1) is 6.92 Å². The number of carbonyl (C=O) groups excluding carboxylic acids is 1. The largest absolute Gasteiger partial charge is 0.294 e. The Balaban J connectivity index is 1.60. The number of anilines is 2. The van der Waals surface area contributed by atoms with Gasteiger partial charge < -0.3 is 0 Å². The van der Waals surface area contributed by atoms with Crippen LogP contribution in [0.5, 0.6) is 0 Å². The molecule has 1 atom stereocenters. The Bertz CT molecular complexity index is 1740. The van der Waals surface area contributed by atoms with Crippen LogP contribution in [0.2, 0.25) is 5.02 Å². The summed E-state index contributed by atoms with van der Waals surface area (Å²) in [7, 11) is -8.51. The lowest BCUT2D eigenvalue weighted by molar-refractivity contribution is -0.117. The number of azo groups is 1. The summed E-state index contributed by atoms with van der Waals surface area (Å²) in [5.74, 6) is -0.663. The van der Waals surface area contributed by atoms with Gasteiger partial charge >= 0.3 is 0 Å². The summed E-state index contributed by atoms with van der Waals surface area (Å²) < 4.78 is 61.4. The van der Waals surface area contributed by atoms with Crippen LogP contribution in [0.4, 0.5) is 17.1 Å². The molecule has 0 aliphatic carbocycles. The molecule has 1 heterocycles. The van der Waals surface area contributed by atoms with Crippen molar-refractivity contribution in [2.45, 2.75) is 43.0 Å². The van der Waals surface area contributed by atoms with Crippen molar-refractivity contribution in [3.63, 3.8) is 0 Å². The zero-order valence-corrected chi connectivity index (χ0v) is 23.4. The molecule has 2 N–H and O–H groups in total. The van der Waals surface area contributed by atoms with Crippen molar-refractivity contribution in [3.8, 4) is 0 Å². The molecular formula is C25H24ClN5O6S2. The first kappa shape index (κ1) is 28.4. The minimum absolute atomic E-state index is 0.00318. The highest BCUT2D eigenvalue weighted by Crippen LogP contribution is 2.33. The maximum atomic E-state index is 13.2. The molecule has 39 heavy (non-hydrogen) atoms. The lowest BCUT2D eigenvalue weighted by Crippen LogP contribution is -2.30. The minimum Gasteiger partial charge on any atom is -0.282 e. The number of rotatable bonds is 8. The number of nitrogens with one attached hydrogen (secondary N) is 1.